The largest absolute Gasteiger partial charge is 0.481 e. The number of benzene rings is 1. The van der Waals surface area contributed by atoms with Crippen LogP contribution in [0.25, 0.3) is 0 Å². The van der Waals surface area contributed by atoms with E-state index in [1.165, 1.54) is 0 Å². The summed E-state index contributed by atoms with van der Waals surface area (Å²) in [5, 5.41) is 8.89. The third-order valence-corrected chi connectivity index (χ3v) is 3.45. The number of hydrogen-bond acceptors (Lipinski definition) is 4. The Hall–Kier alpha value is -2.43. The van der Waals surface area contributed by atoms with Crippen molar-refractivity contribution in [3.63, 3.8) is 0 Å². The average Bonchev–Trinajstić information content (AvgIpc) is 2.38. The van der Waals surface area contributed by atoms with Gasteiger partial charge in [0.2, 0.25) is 0 Å². The minimum Gasteiger partial charge on any atom is -0.481 e. The van der Waals surface area contributed by atoms with Gasteiger partial charge in [0.1, 0.15) is 11.6 Å². The molecule has 0 amide bonds. The molecule has 1 aliphatic rings. The molecule has 0 spiro atoms. The van der Waals surface area contributed by atoms with Crippen molar-refractivity contribution in [1.29, 1.82) is 0 Å². The summed E-state index contributed by atoms with van der Waals surface area (Å²) < 4.78 is 0. The molecule has 5 nitrogen and oxygen atoms in total. The van der Waals surface area contributed by atoms with Gasteiger partial charge in [-0.15, -0.1) is 0 Å². The lowest BCUT2D eigenvalue weighted by molar-refractivity contribution is -0.142. The molecule has 0 saturated carbocycles. The van der Waals surface area contributed by atoms with Crippen molar-refractivity contribution in [2.45, 2.75) is 6.42 Å². The first-order valence-corrected chi connectivity index (χ1v) is 6.56. The Labute approximate surface area is 116 Å². The van der Waals surface area contributed by atoms with E-state index in [-0.39, 0.29) is 5.92 Å². The number of carboxylic acid groups (broad SMARTS) is 1. The number of hydrogen-bond donors (Lipinski definition) is 1. The van der Waals surface area contributed by atoms with Crippen molar-refractivity contribution in [2.75, 3.05) is 18.0 Å². The minimum atomic E-state index is -0.736. The third-order valence-electron chi connectivity index (χ3n) is 3.45. The van der Waals surface area contributed by atoms with Crippen LogP contribution in [0.15, 0.2) is 42.6 Å². The lowest BCUT2D eigenvalue weighted by Crippen LogP contribution is -2.50. The topological polar surface area (TPSA) is 66.3 Å². The van der Waals surface area contributed by atoms with E-state index in [1.54, 1.807) is 6.20 Å². The fourth-order valence-electron chi connectivity index (χ4n) is 2.25. The van der Waals surface area contributed by atoms with Gasteiger partial charge in [-0.2, -0.15) is 0 Å². The Balaban J connectivity index is 1.69. The first kappa shape index (κ1) is 12.6. The lowest BCUT2D eigenvalue weighted by atomic mass is 10.0. The number of aromatic nitrogens is 2. The molecular weight excluding hydrogens is 254 g/mol. The highest BCUT2D eigenvalue weighted by Crippen LogP contribution is 2.22. The lowest BCUT2D eigenvalue weighted by Gasteiger charge is -2.37. The van der Waals surface area contributed by atoms with Gasteiger partial charge in [0.15, 0.2) is 0 Å². The molecule has 5 heteroatoms. The van der Waals surface area contributed by atoms with E-state index < -0.39 is 5.97 Å². The van der Waals surface area contributed by atoms with Crippen molar-refractivity contribution in [3.8, 4) is 0 Å². The van der Waals surface area contributed by atoms with Gasteiger partial charge >= 0.3 is 5.97 Å². The Morgan fingerprint density at radius 1 is 1.25 bits per heavy atom. The molecule has 0 atom stereocenters. The summed E-state index contributed by atoms with van der Waals surface area (Å²) in [6.07, 6.45) is 2.42. The summed E-state index contributed by atoms with van der Waals surface area (Å²) in [6, 6.07) is 11.9. The van der Waals surface area contributed by atoms with Crippen LogP contribution in [0.5, 0.6) is 0 Å². The van der Waals surface area contributed by atoms with E-state index in [0.717, 1.165) is 17.2 Å². The molecule has 1 aromatic heterocycles. The summed E-state index contributed by atoms with van der Waals surface area (Å²) in [4.78, 5) is 21.6. The molecule has 1 N–H and O–H groups in total. The fraction of sp³-hybridized carbons (Fsp3) is 0.267. The zero-order valence-corrected chi connectivity index (χ0v) is 10.9. The van der Waals surface area contributed by atoms with Gasteiger partial charge in [0.05, 0.1) is 5.92 Å². The molecule has 2 aromatic rings. The highest BCUT2D eigenvalue weighted by molar-refractivity contribution is 5.74. The highest BCUT2D eigenvalue weighted by atomic mass is 16.4. The van der Waals surface area contributed by atoms with Crippen molar-refractivity contribution in [1.82, 2.24) is 9.97 Å². The average molecular weight is 269 g/mol. The van der Waals surface area contributed by atoms with Crippen LogP contribution in [0.3, 0.4) is 0 Å². The monoisotopic (exact) mass is 269 g/mol. The molecule has 3 rings (SSSR count). The first-order valence-electron chi connectivity index (χ1n) is 6.56. The predicted molar refractivity (Wildman–Crippen MR) is 74.6 cm³/mol. The summed E-state index contributed by atoms with van der Waals surface area (Å²) in [6.45, 7) is 1.05. The quantitative estimate of drug-likeness (QED) is 0.913. The van der Waals surface area contributed by atoms with Crippen molar-refractivity contribution < 1.29 is 9.90 Å². The van der Waals surface area contributed by atoms with Crippen LogP contribution in [0, 0.1) is 5.92 Å². The van der Waals surface area contributed by atoms with Crippen LogP contribution < -0.4 is 4.90 Å². The van der Waals surface area contributed by atoms with E-state index >= 15 is 0 Å². The molecule has 0 bridgehead atoms. The van der Waals surface area contributed by atoms with Crippen LogP contribution in [-0.2, 0) is 11.2 Å². The maximum atomic E-state index is 10.8. The Kier molecular flexibility index (Phi) is 3.33. The number of aliphatic carboxylic acids is 1. The Morgan fingerprint density at radius 2 is 2.00 bits per heavy atom. The molecule has 102 valence electrons. The van der Waals surface area contributed by atoms with E-state index in [0.29, 0.717) is 19.5 Å². The number of anilines is 1. The zero-order valence-electron chi connectivity index (χ0n) is 10.9. The van der Waals surface area contributed by atoms with Crippen LogP contribution >= 0.6 is 0 Å². The summed E-state index contributed by atoms with van der Waals surface area (Å²) in [5.41, 5.74) is 1.16. The molecule has 1 saturated heterocycles. The van der Waals surface area contributed by atoms with E-state index in [9.17, 15) is 4.79 Å². The predicted octanol–water partition coefficient (Wildman–Crippen LogP) is 1.59. The minimum absolute atomic E-state index is 0.275. The molecule has 2 heterocycles. The maximum absolute atomic E-state index is 10.8. The van der Waals surface area contributed by atoms with Crippen LogP contribution in [0.1, 0.15) is 11.4 Å². The smallest absolute Gasteiger partial charge is 0.310 e. The van der Waals surface area contributed by atoms with Gasteiger partial charge in [-0.1, -0.05) is 30.3 Å². The summed E-state index contributed by atoms with van der Waals surface area (Å²) in [5.74, 6) is 0.554. The van der Waals surface area contributed by atoms with E-state index in [4.69, 9.17) is 5.11 Å². The van der Waals surface area contributed by atoms with Crippen molar-refractivity contribution in [3.05, 3.63) is 54.0 Å². The van der Waals surface area contributed by atoms with Gasteiger partial charge in [0.25, 0.3) is 0 Å². The number of carboxylic acids is 1. The Morgan fingerprint density at radius 3 is 2.70 bits per heavy atom. The van der Waals surface area contributed by atoms with Gasteiger partial charge < -0.3 is 10.0 Å². The molecular formula is C15H15N3O2. The molecule has 0 aliphatic carbocycles. The number of carbonyl (C=O) groups is 1. The van der Waals surface area contributed by atoms with Crippen LogP contribution in [0.4, 0.5) is 5.82 Å². The van der Waals surface area contributed by atoms with Gasteiger partial charge in [-0.05, 0) is 11.6 Å². The molecule has 1 aliphatic heterocycles. The SMILES string of the molecule is O=C(O)C1CN(c2ccnc(Cc3ccccc3)n2)C1. The second kappa shape index (κ2) is 5.28. The Bertz CT molecular complexity index is 610. The van der Waals surface area contributed by atoms with Crippen molar-refractivity contribution >= 4 is 11.8 Å². The summed E-state index contributed by atoms with van der Waals surface area (Å²) in [7, 11) is 0. The molecule has 0 radical (unpaired) electrons. The normalized spacial score (nSPS) is 14.9. The van der Waals surface area contributed by atoms with Gasteiger partial charge in [0, 0.05) is 25.7 Å². The second-order valence-electron chi connectivity index (χ2n) is 4.93. The molecule has 0 unspecified atom stereocenters. The third kappa shape index (κ3) is 2.61. The second-order valence-corrected chi connectivity index (χ2v) is 4.93. The summed E-state index contributed by atoms with van der Waals surface area (Å²) >= 11 is 0. The van der Waals surface area contributed by atoms with E-state index in [2.05, 4.69) is 9.97 Å². The number of nitrogens with zero attached hydrogens (tertiary/aromatic N) is 3. The molecule has 1 aromatic carbocycles. The van der Waals surface area contributed by atoms with Crippen LogP contribution in [0.2, 0.25) is 0 Å². The highest BCUT2D eigenvalue weighted by Gasteiger charge is 2.33. The van der Waals surface area contributed by atoms with Gasteiger partial charge in [-0.3, -0.25) is 4.79 Å². The van der Waals surface area contributed by atoms with Crippen LogP contribution in [-0.4, -0.2) is 34.1 Å². The standard InChI is InChI=1S/C15H15N3O2/c19-15(20)12-9-18(10-12)14-6-7-16-13(17-14)8-11-4-2-1-3-5-11/h1-7,12H,8-10H2,(H,19,20). The maximum Gasteiger partial charge on any atom is 0.310 e. The van der Waals surface area contributed by atoms with E-state index in [1.807, 2.05) is 41.3 Å². The molecule has 20 heavy (non-hydrogen) atoms. The van der Waals surface area contributed by atoms with Crippen molar-refractivity contribution in [2.24, 2.45) is 5.92 Å². The zero-order chi connectivity index (χ0) is 13.9. The molecule has 1 fully saturated rings. The number of rotatable bonds is 4. The fourth-order valence-corrected chi connectivity index (χ4v) is 2.25. The van der Waals surface area contributed by atoms with Gasteiger partial charge in [-0.25, -0.2) is 9.97 Å². The first-order chi connectivity index (χ1) is 9.72.